The van der Waals surface area contributed by atoms with Crippen LogP contribution in [-0.4, -0.2) is 41.7 Å². The molecule has 1 aromatic carbocycles. The number of carbonyl (C=O) groups is 1. The fourth-order valence-electron chi connectivity index (χ4n) is 3.05. The number of aliphatic hydroxyl groups excluding tert-OH is 1. The van der Waals surface area contributed by atoms with Crippen LogP contribution in [0.1, 0.15) is 6.42 Å². The molecule has 1 amide bonds. The smallest absolute Gasteiger partial charge is 0.295 e. The Morgan fingerprint density at radius 2 is 2.19 bits per heavy atom. The summed E-state index contributed by atoms with van der Waals surface area (Å²) in [7, 11) is 0. The third-order valence-corrected chi connectivity index (χ3v) is 4.07. The van der Waals surface area contributed by atoms with Crippen molar-refractivity contribution in [3.8, 4) is 0 Å². The van der Waals surface area contributed by atoms with Gasteiger partial charge >= 0.3 is 0 Å². The summed E-state index contributed by atoms with van der Waals surface area (Å²) in [5, 5.41) is 23.3. The number of benzene rings is 1. The van der Waals surface area contributed by atoms with Crippen LogP contribution in [-0.2, 0) is 4.79 Å². The number of hydrogen-bond acceptors (Lipinski definition) is 5. The molecule has 2 N–H and O–H groups in total. The number of anilines is 1. The topological polar surface area (TPSA) is 95.7 Å². The summed E-state index contributed by atoms with van der Waals surface area (Å²) in [6, 6.07) is 3.37. The van der Waals surface area contributed by atoms with Crippen LogP contribution in [0.2, 0.25) is 0 Å². The van der Waals surface area contributed by atoms with E-state index in [9.17, 15) is 24.4 Å². The first-order valence-electron chi connectivity index (χ1n) is 6.56. The average Bonchev–Trinajstić information content (AvgIpc) is 2.39. The second-order valence-corrected chi connectivity index (χ2v) is 5.59. The molecule has 0 radical (unpaired) electrons. The van der Waals surface area contributed by atoms with E-state index in [0.717, 1.165) is 12.1 Å². The van der Waals surface area contributed by atoms with Crippen molar-refractivity contribution in [1.82, 2.24) is 5.32 Å². The second kappa shape index (κ2) is 4.66. The number of nitrogens with one attached hydrogen (secondary N) is 1. The molecule has 2 heterocycles. The predicted molar refractivity (Wildman–Crippen MR) is 71.3 cm³/mol. The van der Waals surface area contributed by atoms with Crippen LogP contribution in [0.3, 0.4) is 0 Å². The summed E-state index contributed by atoms with van der Waals surface area (Å²) >= 11 is 0. The average molecular weight is 295 g/mol. The fourth-order valence-corrected chi connectivity index (χ4v) is 3.05. The van der Waals surface area contributed by atoms with Crippen LogP contribution in [0, 0.1) is 21.3 Å². The molecule has 112 valence electrons. The zero-order chi connectivity index (χ0) is 15.2. The van der Waals surface area contributed by atoms with E-state index in [1.165, 1.54) is 6.07 Å². The van der Waals surface area contributed by atoms with Gasteiger partial charge < -0.3 is 15.3 Å². The van der Waals surface area contributed by atoms with Gasteiger partial charge in [0.25, 0.3) is 5.69 Å². The highest BCUT2D eigenvalue weighted by atomic mass is 19.1. The van der Waals surface area contributed by atoms with Gasteiger partial charge in [-0.05, 0) is 18.6 Å². The quantitative estimate of drug-likeness (QED) is 0.609. The maximum Gasteiger partial charge on any atom is 0.295 e. The number of halogens is 1. The van der Waals surface area contributed by atoms with E-state index < -0.39 is 22.3 Å². The van der Waals surface area contributed by atoms with Crippen molar-refractivity contribution in [3.63, 3.8) is 0 Å². The summed E-state index contributed by atoms with van der Waals surface area (Å²) in [5.74, 6) is -0.819. The van der Waals surface area contributed by atoms with Gasteiger partial charge in [-0.2, -0.15) is 0 Å². The molecule has 0 aromatic heterocycles. The van der Waals surface area contributed by atoms with Crippen LogP contribution in [0.5, 0.6) is 0 Å². The lowest BCUT2D eigenvalue weighted by atomic mass is 9.72. The molecular weight excluding hydrogens is 281 g/mol. The fraction of sp³-hybridized carbons (Fsp3) is 0.462. The number of piperidine rings is 1. The molecular formula is C13H14FN3O4. The van der Waals surface area contributed by atoms with Gasteiger partial charge in [0, 0.05) is 19.6 Å². The lowest BCUT2D eigenvalue weighted by Crippen LogP contribution is -2.67. The molecule has 2 aliphatic rings. The van der Waals surface area contributed by atoms with Gasteiger partial charge in [0.2, 0.25) is 5.91 Å². The molecule has 0 saturated carbocycles. The number of nitro benzene ring substituents is 1. The molecule has 2 saturated heterocycles. The molecule has 0 aliphatic carbocycles. The van der Waals surface area contributed by atoms with Gasteiger partial charge in [-0.25, -0.2) is 4.39 Å². The molecule has 1 unspecified atom stereocenters. The lowest BCUT2D eigenvalue weighted by molar-refractivity contribution is -0.384. The number of nitrogens with zero attached hydrogens (tertiary/aromatic N) is 2. The summed E-state index contributed by atoms with van der Waals surface area (Å²) < 4.78 is 13.1. The Morgan fingerprint density at radius 1 is 1.48 bits per heavy atom. The molecule has 2 fully saturated rings. The summed E-state index contributed by atoms with van der Waals surface area (Å²) in [6.45, 7) is 0.794. The zero-order valence-corrected chi connectivity index (χ0v) is 11.1. The standard InChI is InChI=1S/C13H14FN3O4/c14-8-1-2-10(11(3-8)17(20)21)16-6-13(7-16)4-9(18)5-15-12(13)19/h1-3,9,18H,4-7H2,(H,15,19). The Morgan fingerprint density at radius 3 is 2.86 bits per heavy atom. The van der Waals surface area contributed by atoms with Gasteiger partial charge in [-0.3, -0.25) is 14.9 Å². The van der Waals surface area contributed by atoms with E-state index in [2.05, 4.69) is 5.32 Å². The number of aliphatic hydroxyl groups is 1. The molecule has 1 atom stereocenters. The van der Waals surface area contributed by atoms with Crippen molar-refractivity contribution in [2.24, 2.45) is 5.41 Å². The van der Waals surface area contributed by atoms with Crippen molar-refractivity contribution >= 4 is 17.3 Å². The number of amides is 1. The van der Waals surface area contributed by atoms with Crippen LogP contribution < -0.4 is 10.2 Å². The Bertz CT molecular complexity index is 615. The van der Waals surface area contributed by atoms with E-state index >= 15 is 0 Å². The molecule has 2 aliphatic heterocycles. The van der Waals surface area contributed by atoms with Crippen molar-refractivity contribution < 1.29 is 19.2 Å². The largest absolute Gasteiger partial charge is 0.391 e. The Hall–Kier alpha value is -2.22. The van der Waals surface area contributed by atoms with Gasteiger partial charge in [0.1, 0.15) is 11.5 Å². The minimum absolute atomic E-state index is 0.145. The molecule has 21 heavy (non-hydrogen) atoms. The zero-order valence-electron chi connectivity index (χ0n) is 11.1. The maximum atomic E-state index is 13.1. The van der Waals surface area contributed by atoms with E-state index in [0.29, 0.717) is 12.1 Å². The first kappa shape index (κ1) is 13.7. The van der Waals surface area contributed by atoms with Crippen LogP contribution in [0.15, 0.2) is 18.2 Å². The highest BCUT2D eigenvalue weighted by Gasteiger charge is 2.53. The van der Waals surface area contributed by atoms with E-state index in [1.807, 2.05) is 0 Å². The van der Waals surface area contributed by atoms with Crippen molar-refractivity contribution in [3.05, 3.63) is 34.1 Å². The normalized spacial score (nSPS) is 23.6. The molecule has 1 aromatic rings. The van der Waals surface area contributed by atoms with Crippen molar-refractivity contribution in [2.75, 3.05) is 24.5 Å². The third kappa shape index (κ3) is 2.21. The first-order chi connectivity index (χ1) is 9.91. The van der Waals surface area contributed by atoms with E-state index in [4.69, 9.17) is 0 Å². The van der Waals surface area contributed by atoms with Crippen LogP contribution in [0.25, 0.3) is 0 Å². The van der Waals surface area contributed by atoms with Crippen molar-refractivity contribution in [1.29, 1.82) is 0 Å². The second-order valence-electron chi connectivity index (χ2n) is 5.59. The summed E-state index contributed by atoms with van der Waals surface area (Å²) in [6.07, 6.45) is -0.266. The van der Waals surface area contributed by atoms with E-state index in [1.54, 1.807) is 4.90 Å². The number of nitro groups is 1. The van der Waals surface area contributed by atoms with Gasteiger partial charge in [-0.1, -0.05) is 0 Å². The lowest BCUT2D eigenvalue weighted by Gasteiger charge is -2.52. The molecule has 3 rings (SSSR count). The third-order valence-electron chi connectivity index (χ3n) is 4.07. The first-order valence-corrected chi connectivity index (χ1v) is 6.56. The molecule has 1 spiro atoms. The number of β-amino-alcohol motifs (C(OH)–C–C–N with tert-alkyl or cyclic N) is 1. The maximum absolute atomic E-state index is 13.1. The Labute approximate surface area is 119 Å². The van der Waals surface area contributed by atoms with E-state index in [-0.39, 0.29) is 31.2 Å². The summed E-state index contributed by atoms with van der Waals surface area (Å²) in [4.78, 5) is 24.0. The van der Waals surface area contributed by atoms with Crippen LogP contribution in [0.4, 0.5) is 15.8 Å². The van der Waals surface area contributed by atoms with Gasteiger partial charge in [0.05, 0.1) is 22.5 Å². The van der Waals surface area contributed by atoms with Gasteiger partial charge in [-0.15, -0.1) is 0 Å². The predicted octanol–water partition coefficient (Wildman–Crippen LogP) is 0.421. The minimum Gasteiger partial charge on any atom is -0.391 e. The summed E-state index contributed by atoms with van der Waals surface area (Å²) in [5.41, 5.74) is -0.735. The highest BCUT2D eigenvalue weighted by Crippen LogP contribution is 2.43. The Kier molecular flexibility index (Phi) is 3.05. The van der Waals surface area contributed by atoms with Crippen molar-refractivity contribution in [2.45, 2.75) is 12.5 Å². The monoisotopic (exact) mass is 295 g/mol. The molecule has 8 heteroatoms. The molecule has 7 nitrogen and oxygen atoms in total. The SMILES string of the molecule is O=C1NCC(O)CC12CN(c1ccc(F)cc1[N+](=O)[O-])C2. The highest BCUT2D eigenvalue weighted by molar-refractivity contribution is 5.87. The minimum atomic E-state index is -0.708. The van der Waals surface area contributed by atoms with Gasteiger partial charge in [0.15, 0.2) is 0 Å². The number of hydrogen-bond donors (Lipinski definition) is 2. The van der Waals surface area contributed by atoms with Crippen LogP contribution >= 0.6 is 0 Å². The number of carbonyl (C=O) groups excluding carboxylic acids is 1. The number of rotatable bonds is 2. The molecule has 0 bridgehead atoms. The Balaban J connectivity index is 1.83.